The first-order valence-electron chi connectivity index (χ1n) is 13.4. The minimum absolute atomic E-state index is 0.00866. The molecule has 0 saturated carbocycles. The van der Waals surface area contributed by atoms with Gasteiger partial charge in [0.15, 0.2) is 11.6 Å². The highest BCUT2D eigenvalue weighted by Crippen LogP contribution is 2.20. The van der Waals surface area contributed by atoms with E-state index in [1.165, 1.54) is 6.33 Å². The smallest absolute Gasteiger partial charge is 0.182 e. The lowest BCUT2D eigenvalue weighted by Gasteiger charge is -2.21. The molecule has 0 spiro atoms. The van der Waals surface area contributed by atoms with Crippen LogP contribution in [0.4, 0.5) is 5.69 Å². The molecule has 0 amide bonds. The Morgan fingerprint density at radius 2 is 1.77 bits per heavy atom. The third-order valence-corrected chi connectivity index (χ3v) is 6.64. The highest BCUT2D eigenvalue weighted by atomic mass is 16.3. The van der Waals surface area contributed by atoms with Crippen molar-refractivity contribution in [2.24, 2.45) is 0 Å². The van der Waals surface area contributed by atoms with Crippen molar-refractivity contribution < 1.29 is 15.3 Å². The van der Waals surface area contributed by atoms with Gasteiger partial charge in [-0.25, -0.2) is 9.97 Å². The van der Waals surface area contributed by atoms with Crippen LogP contribution < -0.4 is 10.6 Å². The molecule has 3 heterocycles. The van der Waals surface area contributed by atoms with Crippen LogP contribution in [0.1, 0.15) is 35.7 Å². The van der Waals surface area contributed by atoms with Crippen LogP contribution in [0.25, 0.3) is 11.5 Å². The van der Waals surface area contributed by atoms with Crippen molar-refractivity contribution in [1.82, 2.24) is 39.9 Å². The summed E-state index contributed by atoms with van der Waals surface area (Å²) in [5.74, 6) is 1.32. The van der Waals surface area contributed by atoms with Gasteiger partial charge in [0.25, 0.3) is 0 Å². The van der Waals surface area contributed by atoms with Crippen molar-refractivity contribution in [3.63, 3.8) is 0 Å². The molecule has 1 aromatic carbocycles. The molecule has 40 heavy (non-hydrogen) atoms. The zero-order chi connectivity index (χ0) is 28.2. The fourth-order valence-corrected chi connectivity index (χ4v) is 4.44. The Morgan fingerprint density at radius 3 is 2.52 bits per heavy atom. The third-order valence-electron chi connectivity index (χ3n) is 6.64. The lowest BCUT2D eigenvalue weighted by atomic mass is 10.1. The minimum Gasteiger partial charge on any atom is -0.395 e. The predicted molar refractivity (Wildman–Crippen MR) is 151 cm³/mol. The van der Waals surface area contributed by atoms with Crippen LogP contribution >= 0.6 is 0 Å². The molecule has 12 heteroatoms. The number of hydrogen-bond donors (Lipinski definition) is 5. The van der Waals surface area contributed by atoms with Gasteiger partial charge in [-0.2, -0.15) is 0 Å². The van der Waals surface area contributed by atoms with Crippen LogP contribution in [0.15, 0.2) is 61.3 Å². The van der Waals surface area contributed by atoms with Gasteiger partial charge in [0, 0.05) is 57.0 Å². The molecule has 0 fully saturated rings. The first-order valence-corrected chi connectivity index (χ1v) is 13.4. The maximum atomic E-state index is 10.8. The summed E-state index contributed by atoms with van der Waals surface area (Å²) in [6.07, 6.45) is 6.80. The van der Waals surface area contributed by atoms with Crippen molar-refractivity contribution >= 4 is 5.69 Å². The number of nitrogens with zero attached hydrogens (tertiary/aromatic N) is 7. The van der Waals surface area contributed by atoms with Crippen molar-refractivity contribution in [1.29, 1.82) is 0 Å². The van der Waals surface area contributed by atoms with Crippen molar-refractivity contribution in [2.45, 2.75) is 39.2 Å². The molecule has 5 N–H and O–H groups in total. The number of benzene rings is 1. The van der Waals surface area contributed by atoms with E-state index in [0.717, 1.165) is 28.8 Å². The molecule has 3 aromatic heterocycles. The second-order valence-corrected chi connectivity index (χ2v) is 9.24. The molecule has 0 bridgehead atoms. The van der Waals surface area contributed by atoms with Gasteiger partial charge in [-0.15, -0.1) is 10.2 Å². The fraction of sp³-hybridized carbons (Fsp3) is 0.393. The summed E-state index contributed by atoms with van der Waals surface area (Å²) < 4.78 is 1.98. The number of hydrogen-bond acceptors (Lipinski definition) is 11. The van der Waals surface area contributed by atoms with Crippen LogP contribution in [0, 0.1) is 0 Å². The van der Waals surface area contributed by atoms with Gasteiger partial charge in [0.1, 0.15) is 18.2 Å². The Morgan fingerprint density at radius 1 is 0.950 bits per heavy atom. The van der Waals surface area contributed by atoms with E-state index in [1.54, 1.807) is 18.5 Å². The molecular formula is C28H37N9O3. The molecule has 0 aliphatic rings. The van der Waals surface area contributed by atoms with Gasteiger partial charge in [0.05, 0.1) is 19.8 Å². The highest BCUT2D eigenvalue weighted by molar-refractivity contribution is 5.49. The standard InChI is InChI=1S/C28H37N9O3/c1-2-21-17-29-8-6-23(21)18-32-28(40)22-4-3-5-24(16-22)31-19-26-34-35-27(25-7-9-30-20-33-25)37(26)11-10-36(12-14-38)13-15-39/h3-9,16-17,20,28,31-32,38-40H,2,10-15,18-19H2,1H3. The van der Waals surface area contributed by atoms with Gasteiger partial charge in [-0.1, -0.05) is 19.1 Å². The average Bonchev–Trinajstić information content (AvgIpc) is 3.41. The summed E-state index contributed by atoms with van der Waals surface area (Å²) >= 11 is 0. The molecule has 0 radical (unpaired) electrons. The molecule has 0 aliphatic carbocycles. The van der Waals surface area contributed by atoms with Gasteiger partial charge in [-0.05, 0) is 47.4 Å². The maximum absolute atomic E-state index is 10.8. The summed E-state index contributed by atoms with van der Waals surface area (Å²) in [7, 11) is 0. The van der Waals surface area contributed by atoms with Crippen LogP contribution in [0.5, 0.6) is 0 Å². The maximum Gasteiger partial charge on any atom is 0.182 e. The summed E-state index contributed by atoms with van der Waals surface area (Å²) in [6.45, 7) is 5.08. The number of anilines is 1. The van der Waals surface area contributed by atoms with E-state index in [-0.39, 0.29) is 13.2 Å². The molecule has 1 unspecified atom stereocenters. The van der Waals surface area contributed by atoms with Gasteiger partial charge in [0.2, 0.25) is 0 Å². The lowest BCUT2D eigenvalue weighted by Crippen LogP contribution is -2.33. The summed E-state index contributed by atoms with van der Waals surface area (Å²) in [6, 6.07) is 11.4. The molecule has 4 rings (SSSR count). The van der Waals surface area contributed by atoms with E-state index >= 15 is 0 Å². The molecule has 12 nitrogen and oxygen atoms in total. The normalized spacial score (nSPS) is 12.1. The third kappa shape index (κ3) is 7.87. The Balaban J connectivity index is 1.45. The number of aryl methyl sites for hydroxylation is 1. The summed E-state index contributed by atoms with van der Waals surface area (Å²) in [5, 5.41) is 45.0. The topological polar surface area (TPSA) is 157 Å². The SMILES string of the molecule is CCc1cnccc1CNC(O)c1cccc(NCc2nnc(-c3ccncn3)n2CCN(CCO)CCO)c1. The van der Waals surface area contributed by atoms with Crippen molar-refractivity contribution in [2.75, 3.05) is 38.2 Å². The van der Waals surface area contributed by atoms with Gasteiger partial charge < -0.3 is 25.2 Å². The summed E-state index contributed by atoms with van der Waals surface area (Å²) in [4.78, 5) is 14.5. The van der Waals surface area contributed by atoms with Gasteiger partial charge >= 0.3 is 0 Å². The van der Waals surface area contributed by atoms with Crippen molar-refractivity contribution in [3.8, 4) is 11.5 Å². The molecule has 212 valence electrons. The summed E-state index contributed by atoms with van der Waals surface area (Å²) in [5.41, 5.74) is 4.49. The Labute approximate surface area is 233 Å². The molecule has 0 saturated heterocycles. The second-order valence-electron chi connectivity index (χ2n) is 9.24. The first kappa shape index (κ1) is 29.2. The number of rotatable bonds is 16. The number of aliphatic hydroxyl groups excluding tert-OH is 3. The largest absolute Gasteiger partial charge is 0.395 e. The molecular weight excluding hydrogens is 510 g/mol. The zero-order valence-electron chi connectivity index (χ0n) is 22.7. The van der Waals surface area contributed by atoms with E-state index in [1.807, 2.05) is 46.0 Å². The molecule has 1 atom stereocenters. The number of aromatic nitrogens is 6. The quantitative estimate of drug-likeness (QED) is 0.129. The molecule has 0 aliphatic heterocycles. The lowest BCUT2D eigenvalue weighted by molar-refractivity contribution is 0.137. The van der Waals surface area contributed by atoms with E-state index in [2.05, 4.69) is 42.7 Å². The van der Waals surface area contributed by atoms with E-state index in [0.29, 0.717) is 56.6 Å². The first-order chi connectivity index (χ1) is 19.6. The van der Waals surface area contributed by atoms with E-state index in [9.17, 15) is 15.3 Å². The number of pyridine rings is 1. The van der Waals surface area contributed by atoms with Crippen LogP contribution in [-0.4, -0.2) is 82.8 Å². The van der Waals surface area contributed by atoms with E-state index in [4.69, 9.17) is 0 Å². The average molecular weight is 548 g/mol. The van der Waals surface area contributed by atoms with Crippen molar-refractivity contribution in [3.05, 3.63) is 83.8 Å². The minimum atomic E-state index is -0.836. The Bertz CT molecular complexity index is 1310. The zero-order valence-corrected chi connectivity index (χ0v) is 22.7. The fourth-order valence-electron chi connectivity index (χ4n) is 4.44. The van der Waals surface area contributed by atoms with Crippen LogP contribution in [0.2, 0.25) is 0 Å². The van der Waals surface area contributed by atoms with Gasteiger partial charge in [-0.3, -0.25) is 15.2 Å². The molecule has 4 aromatic rings. The Kier molecular flexibility index (Phi) is 11.0. The second kappa shape index (κ2) is 15.1. The monoisotopic (exact) mass is 547 g/mol. The van der Waals surface area contributed by atoms with Crippen LogP contribution in [-0.2, 0) is 26.1 Å². The number of nitrogens with one attached hydrogen (secondary N) is 2. The number of aliphatic hydroxyl groups is 3. The predicted octanol–water partition coefficient (Wildman–Crippen LogP) is 1.37. The van der Waals surface area contributed by atoms with E-state index < -0.39 is 6.23 Å². The Hall–Kier alpha value is -3.81. The van der Waals surface area contributed by atoms with Crippen LogP contribution in [0.3, 0.4) is 0 Å². The highest BCUT2D eigenvalue weighted by Gasteiger charge is 2.16.